The highest BCUT2D eigenvalue weighted by Gasteiger charge is 2.41. The van der Waals surface area contributed by atoms with E-state index in [-0.39, 0.29) is 11.4 Å². The van der Waals surface area contributed by atoms with Crippen molar-refractivity contribution in [3.8, 4) is 0 Å². The Labute approximate surface area is 196 Å². The number of carbonyl (C=O) groups is 1. The number of hydrogen-bond donors (Lipinski definition) is 2. The third-order valence-corrected chi connectivity index (χ3v) is 8.97. The van der Waals surface area contributed by atoms with Gasteiger partial charge in [-0.1, -0.05) is 26.2 Å². The van der Waals surface area contributed by atoms with Gasteiger partial charge < -0.3 is 20.1 Å². The first kappa shape index (κ1) is 21.4. The first-order valence-electron chi connectivity index (χ1n) is 13.3. The van der Waals surface area contributed by atoms with Crippen LogP contribution >= 0.6 is 0 Å². The Morgan fingerprint density at radius 3 is 2.58 bits per heavy atom. The highest BCUT2D eigenvalue weighted by Crippen LogP contribution is 2.40. The average molecular weight is 451 g/mol. The number of rotatable bonds is 3. The molecule has 2 saturated carbocycles. The first-order valence-corrected chi connectivity index (χ1v) is 13.3. The second-order valence-corrected chi connectivity index (χ2v) is 11.2. The molecule has 1 amide bonds. The van der Waals surface area contributed by atoms with Crippen molar-refractivity contribution in [2.75, 3.05) is 25.0 Å². The lowest BCUT2D eigenvalue weighted by atomic mass is 9.80. The lowest BCUT2D eigenvalue weighted by molar-refractivity contribution is 0.0833. The molecule has 0 aromatic carbocycles. The van der Waals surface area contributed by atoms with E-state index in [9.17, 15) is 4.79 Å². The number of amides is 1. The largest absolute Gasteiger partial charge is 0.351 e. The minimum atomic E-state index is -0.0289. The number of fused-ring (bicyclic) bond motifs is 4. The second kappa shape index (κ2) is 8.57. The van der Waals surface area contributed by atoms with Gasteiger partial charge >= 0.3 is 0 Å². The van der Waals surface area contributed by atoms with Gasteiger partial charge in [0, 0.05) is 30.2 Å². The Kier molecular flexibility index (Phi) is 5.55. The molecule has 0 atom stereocenters. The number of likely N-dealkylation sites (tertiary alicyclic amines) is 1. The van der Waals surface area contributed by atoms with Gasteiger partial charge in [-0.25, -0.2) is 4.98 Å². The van der Waals surface area contributed by atoms with Crippen molar-refractivity contribution >= 4 is 22.9 Å². The van der Waals surface area contributed by atoms with Gasteiger partial charge in [0.25, 0.3) is 5.91 Å². The van der Waals surface area contributed by atoms with Crippen molar-refractivity contribution < 1.29 is 4.79 Å². The van der Waals surface area contributed by atoms with E-state index in [0.717, 1.165) is 47.5 Å². The number of piperidine rings is 1. The van der Waals surface area contributed by atoms with Gasteiger partial charge in [-0.15, -0.1) is 0 Å². The summed E-state index contributed by atoms with van der Waals surface area (Å²) < 4.78 is 2.27. The lowest BCUT2D eigenvalue weighted by Gasteiger charge is -2.43. The molecule has 4 aliphatic rings. The van der Waals surface area contributed by atoms with Crippen LogP contribution in [-0.4, -0.2) is 57.1 Å². The number of anilines is 1. The number of aromatic nitrogens is 3. The summed E-state index contributed by atoms with van der Waals surface area (Å²) in [5, 5.41) is 7.77. The Bertz CT molecular complexity index is 1010. The van der Waals surface area contributed by atoms with Crippen LogP contribution in [0.15, 0.2) is 12.3 Å². The molecule has 0 bridgehead atoms. The SMILES string of the molecule is CC1CCN(C2CCC(Nc3ncc4cc5n(c4n3)C3(CCCCC3)CNC5=O)CC2)CC1. The maximum absolute atomic E-state index is 12.7. The molecule has 4 heterocycles. The summed E-state index contributed by atoms with van der Waals surface area (Å²) in [6.45, 7) is 5.66. The average Bonchev–Trinajstić information content (AvgIpc) is 3.24. The maximum atomic E-state index is 12.7. The van der Waals surface area contributed by atoms with E-state index in [1.807, 2.05) is 12.3 Å². The zero-order chi connectivity index (χ0) is 22.4. The predicted octanol–water partition coefficient (Wildman–Crippen LogP) is 4.29. The second-order valence-electron chi connectivity index (χ2n) is 11.2. The van der Waals surface area contributed by atoms with Crippen molar-refractivity contribution in [1.29, 1.82) is 0 Å². The fourth-order valence-corrected chi connectivity index (χ4v) is 6.89. The normalized spacial score (nSPS) is 28.6. The molecule has 3 fully saturated rings. The quantitative estimate of drug-likeness (QED) is 0.730. The zero-order valence-electron chi connectivity index (χ0n) is 20.0. The Morgan fingerprint density at radius 2 is 1.82 bits per heavy atom. The fourth-order valence-electron chi connectivity index (χ4n) is 6.89. The molecule has 7 nitrogen and oxygen atoms in total. The number of nitrogens with zero attached hydrogens (tertiary/aromatic N) is 4. The standard InChI is InChI=1S/C26H38N6O/c1-18-9-13-31(14-10-18)21-7-5-20(6-8-21)29-25-27-16-19-15-22-24(33)28-17-26(11-3-2-4-12-26)32(22)23(19)30-25/h15-16,18,20-21H,2-14,17H2,1H3,(H,28,33)(H,27,29,30). The van der Waals surface area contributed by atoms with Crippen LogP contribution in [0.4, 0.5) is 5.95 Å². The minimum absolute atomic E-state index is 0.0177. The van der Waals surface area contributed by atoms with Crippen LogP contribution < -0.4 is 10.6 Å². The summed E-state index contributed by atoms with van der Waals surface area (Å²) in [7, 11) is 0. The minimum Gasteiger partial charge on any atom is -0.351 e. The van der Waals surface area contributed by atoms with Crippen LogP contribution in [0.25, 0.3) is 11.0 Å². The summed E-state index contributed by atoms with van der Waals surface area (Å²) in [5.41, 5.74) is 1.65. The van der Waals surface area contributed by atoms with E-state index in [1.165, 1.54) is 70.9 Å². The summed E-state index contributed by atoms with van der Waals surface area (Å²) in [5.74, 6) is 1.63. The van der Waals surface area contributed by atoms with Crippen LogP contribution in [0, 0.1) is 5.92 Å². The predicted molar refractivity (Wildman–Crippen MR) is 131 cm³/mol. The number of nitrogens with one attached hydrogen (secondary N) is 2. The van der Waals surface area contributed by atoms with E-state index in [0.29, 0.717) is 12.6 Å². The molecular weight excluding hydrogens is 412 g/mol. The van der Waals surface area contributed by atoms with Crippen molar-refractivity contribution in [3.63, 3.8) is 0 Å². The highest BCUT2D eigenvalue weighted by atomic mass is 16.2. The third-order valence-electron chi connectivity index (χ3n) is 8.97. The van der Waals surface area contributed by atoms with Crippen LogP contribution in [0.1, 0.15) is 88.0 Å². The zero-order valence-corrected chi connectivity index (χ0v) is 20.0. The fraction of sp³-hybridized carbons (Fsp3) is 0.731. The Morgan fingerprint density at radius 1 is 1.06 bits per heavy atom. The van der Waals surface area contributed by atoms with Crippen LogP contribution in [-0.2, 0) is 5.54 Å². The summed E-state index contributed by atoms with van der Waals surface area (Å²) >= 11 is 0. The van der Waals surface area contributed by atoms with Crippen LogP contribution in [0.5, 0.6) is 0 Å². The molecule has 1 spiro atoms. The van der Waals surface area contributed by atoms with Gasteiger partial charge in [0.15, 0.2) is 0 Å². The molecule has 1 saturated heterocycles. The lowest BCUT2D eigenvalue weighted by Crippen LogP contribution is -2.52. The molecule has 0 radical (unpaired) electrons. The first-order chi connectivity index (χ1) is 16.1. The van der Waals surface area contributed by atoms with Gasteiger partial charge in [-0.05, 0) is 76.4 Å². The molecular formula is C26H38N6O. The Hall–Kier alpha value is -2.15. The number of hydrogen-bond acceptors (Lipinski definition) is 5. The molecule has 2 aromatic heterocycles. The van der Waals surface area contributed by atoms with Gasteiger partial charge in [-0.2, -0.15) is 4.98 Å². The third kappa shape index (κ3) is 3.92. The van der Waals surface area contributed by atoms with Crippen LogP contribution in [0.3, 0.4) is 0 Å². The smallest absolute Gasteiger partial charge is 0.268 e. The molecule has 33 heavy (non-hydrogen) atoms. The summed E-state index contributed by atoms with van der Waals surface area (Å²) in [6, 6.07) is 3.17. The van der Waals surface area contributed by atoms with Crippen molar-refractivity contribution in [3.05, 3.63) is 18.0 Å². The molecule has 2 aromatic rings. The highest BCUT2D eigenvalue weighted by molar-refractivity contribution is 5.99. The molecule has 6 rings (SSSR count). The van der Waals surface area contributed by atoms with Crippen molar-refractivity contribution in [2.24, 2.45) is 5.92 Å². The summed E-state index contributed by atoms with van der Waals surface area (Å²) in [4.78, 5) is 25.0. The van der Waals surface area contributed by atoms with Gasteiger partial charge in [0.05, 0.1) is 5.54 Å². The summed E-state index contributed by atoms with van der Waals surface area (Å²) in [6.07, 6.45) is 15.4. The Balaban J connectivity index is 1.19. The van der Waals surface area contributed by atoms with E-state index in [4.69, 9.17) is 4.98 Å². The van der Waals surface area contributed by atoms with E-state index in [2.05, 4.69) is 32.0 Å². The monoisotopic (exact) mass is 450 g/mol. The molecule has 0 unspecified atom stereocenters. The molecule has 178 valence electrons. The van der Waals surface area contributed by atoms with E-state index in [1.54, 1.807) is 0 Å². The molecule has 2 aliphatic heterocycles. The van der Waals surface area contributed by atoms with E-state index >= 15 is 0 Å². The topological polar surface area (TPSA) is 75.1 Å². The van der Waals surface area contributed by atoms with Crippen LogP contribution in [0.2, 0.25) is 0 Å². The molecule has 2 aliphatic carbocycles. The van der Waals surface area contributed by atoms with Crippen molar-refractivity contribution in [2.45, 2.75) is 95.2 Å². The number of carbonyl (C=O) groups excluding carboxylic acids is 1. The molecule has 7 heteroatoms. The maximum Gasteiger partial charge on any atom is 0.268 e. The van der Waals surface area contributed by atoms with Crippen molar-refractivity contribution in [1.82, 2.24) is 24.8 Å². The van der Waals surface area contributed by atoms with Gasteiger partial charge in [0.2, 0.25) is 5.95 Å². The molecule has 2 N–H and O–H groups in total. The van der Waals surface area contributed by atoms with E-state index < -0.39 is 0 Å². The van der Waals surface area contributed by atoms with Gasteiger partial charge in [0.1, 0.15) is 11.3 Å². The van der Waals surface area contributed by atoms with Gasteiger partial charge in [-0.3, -0.25) is 4.79 Å².